The summed E-state index contributed by atoms with van der Waals surface area (Å²) in [6.45, 7) is 1.86. The molecule has 0 aliphatic carbocycles. The van der Waals surface area contributed by atoms with Crippen molar-refractivity contribution in [3.63, 3.8) is 0 Å². The zero-order chi connectivity index (χ0) is 12.6. The number of thiophene rings is 1. The molecule has 1 nitrogen and oxygen atoms in total. The maximum absolute atomic E-state index is 13.1. The summed E-state index contributed by atoms with van der Waals surface area (Å²) in [7, 11) is 0. The van der Waals surface area contributed by atoms with Crippen LogP contribution >= 0.6 is 11.3 Å². The van der Waals surface area contributed by atoms with Gasteiger partial charge < -0.3 is 5.73 Å². The maximum atomic E-state index is 13.1. The van der Waals surface area contributed by atoms with E-state index < -0.39 is 23.5 Å². The molecular formula is C12H10F3NS. The van der Waals surface area contributed by atoms with Crippen molar-refractivity contribution in [3.8, 4) is 0 Å². The summed E-state index contributed by atoms with van der Waals surface area (Å²) < 4.78 is 39.0. The monoisotopic (exact) mass is 257 g/mol. The molecule has 2 N–H and O–H groups in total. The summed E-state index contributed by atoms with van der Waals surface area (Å²) >= 11 is 1.40. The van der Waals surface area contributed by atoms with Crippen LogP contribution < -0.4 is 5.73 Å². The van der Waals surface area contributed by atoms with E-state index in [2.05, 4.69) is 0 Å². The quantitative estimate of drug-likeness (QED) is 0.818. The van der Waals surface area contributed by atoms with Gasteiger partial charge >= 0.3 is 0 Å². The Morgan fingerprint density at radius 2 is 1.76 bits per heavy atom. The Bertz CT molecular complexity index is 527. The third-order valence-corrected chi connectivity index (χ3v) is 3.65. The van der Waals surface area contributed by atoms with Crippen molar-refractivity contribution in [1.82, 2.24) is 0 Å². The fourth-order valence-corrected chi connectivity index (χ4v) is 2.56. The molecule has 0 saturated carbocycles. The predicted molar refractivity (Wildman–Crippen MR) is 61.4 cm³/mol. The minimum Gasteiger partial charge on any atom is -0.320 e. The lowest BCUT2D eigenvalue weighted by molar-refractivity contribution is 0.444. The van der Waals surface area contributed by atoms with Gasteiger partial charge in [-0.2, -0.15) is 0 Å². The summed E-state index contributed by atoms with van der Waals surface area (Å²) in [4.78, 5) is 0.815. The Hall–Kier alpha value is -1.33. The predicted octanol–water partition coefficient (Wildman–Crippen LogP) is 3.52. The van der Waals surface area contributed by atoms with Crippen molar-refractivity contribution in [2.45, 2.75) is 13.0 Å². The molecule has 1 unspecified atom stereocenters. The van der Waals surface area contributed by atoms with Crippen LogP contribution in [0, 0.1) is 24.4 Å². The average Bonchev–Trinajstić information content (AvgIpc) is 2.70. The molecule has 0 amide bonds. The number of hydrogen-bond donors (Lipinski definition) is 1. The highest BCUT2D eigenvalue weighted by Crippen LogP contribution is 2.28. The zero-order valence-corrected chi connectivity index (χ0v) is 9.82. The van der Waals surface area contributed by atoms with Gasteiger partial charge in [0.1, 0.15) is 0 Å². The van der Waals surface area contributed by atoms with Crippen molar-refractivity contribution in [2.75, 3.05) is 0 Å². The minimum absolute atomic E-state index is 0.229. The van der Waals surface area contributed by atoms with Gasteiger partial charge in [0.2, 0.25) is 0 Å². The Labute approximate surface area is 101 Å². The molecule has 0 bridgehead atoms. The molecule has 17 heavy (non-hydrogen) atoms. The van der Waals surface area contributed by atoms with Crippen LogP contribution in [0.3, 0.4) is 0 Å². The van der Waals surface area contributed by atoms with Gasteiger partial charge in [-0.3, -0.25) is 0 Å². The fraction of sp³-hybridized carbons (Fsp3) is 0.167. The van der Waals surface area contributed by atoms with E-state index in [0.717, 1.165) is 22.6 Å². The highest BCUT2D eigenvalue weighted by atomic mass is 32.1. The van der Waals surface area contributed by atoms with E-state index in [1.807, 2.05) is 18.4 Å². The summed E-state index contributed by atoms with van der Waals surface area (Å²) in [6, 6.07) is 3.10. The van der Waals surface area contributed by atoms with Crippen LogP contribution in [0.2, 0.25) is 0 Å². The molecule has 1 aromatic carbocycles. The van der Waals surface area contributed by atoms with E-state index in [-0.39, 0.29) is 5.56 Å². The molecule has 0 spiro atoms. The fourth-order valence-electron chi connectivity index (χ4n) is 1.61. The Balaban J connectivity index is 2.45. The zero-order valence-electron chi connectivity index (χ0n) is 9.01. The van der Waals surface area contributed by atoms with E-state index in [0.29, 0.717) is 0 Å². The smallest absolute Gasteiger partial charge is 0.194 e. The highest BCUT2D eigenvalue weighted by molar-refractivity contribution is 7.10. The van der Waals surface area contributed by atoms with Gasteiger partial charge in [0, 0.05) is 4.88 Å². The van der Waals surface area contributed by atoms with Crippen molar-refractivity contribution >= 4 is 11.3 Å². The molecule has 0 fully saturated rings. The average molecular weight is 257 g/mol. The number of nitrogens with two attached hydrogens (primary N) is 1. The lowest BCUT2D eigenvalue weighted by atomic mass is 10.0. The molecule has 90 valence electrons. The van der Waals surface area contributed by atoms with Crippen LogP contribution in [-0.2, 0) is 0 Å². The van der Waals surface area contributed by atoms with Gasteiger partial charge in [0.15, 0.2) is 17.5 Å². The normalized spacial score (nSPS) is 12.8. The van der Waals surface area contributed by atoms with Crippen LogP contribution in [0.25, 0.3) is 0 Å². The van der Waals surface area contributed by atoms with E-state index in [1.165, 1.54) is 11.3 Å². The van der Waals surface area contributed by atoms with Crippen LogP contribution in [0.15, 0.2) is 23.6 Å². The van der Waals surface area contributed by atoms with E-state index in [4.69, 9.17) is 5.73 Å². The van der Waals surface area contributed by atoms with E-state index in [1.54, 1.807) is 0 Å². The molecule has 1 heterocycles. The van der Waals surface area contributed by atoms with Crippen LogP contribution in [-0.4, -0.2) is 0 Å². The lowest BCUT2D eigenvalue weighted by Crippen LogP contribution is -2.12. The Kier molecular flexibility index (Phi) is 3.22. The van der Waals surface area contributed by atoms with Crippen LogP contribution in [0.4, 0.5) is 13.2 Å². The standard InChI is InChI=1S/C12H10F3NS/c1-6-2-3-17-12(6)11(16)7-4-8(13)10(15)9(14)5-7/h2-5,11H,16H2,1H3. The van der Waals surface area contributed by atoms with Crippen LogP contribution in [0.5, 0.6) is 0 Å². The molecule has 0 aliphatic heterocycles. The van der Waals surface area contributed by atoms with Crippen LogP contribution in [0.1, 0.15) is 22.0 Å². The Morgan fingerprint density at radius 3 is 2.24 bits per heavy atom. The molecular weight excluding hydrogens is 247 g/mol. The van der Waals surface area contributed by atoms with Crippen molar-refractivity contribution < 1.29 is 13.2 Å². The van der Waals surface area contributed by atoms with Crippen molar-refractivity contribution in [1.29, 1.82) is 0 Å². The first kappa shape index (κ1) is 12.1. The van der Waals surface area contributed by atoms with E-state index in [9.17, 15) is 13.2 Å². The summed E-state index contributed by atoms with van der Waals surface area (Å²) in [5.74, 6) is -3.90. The first-order valence-corrected chi connectivity index (χ1v) is 5.82. The topological polar surface area (TPSA) is 26.0 Å². The molecule has 1 atom stereocenters. The molecule has 0 radical (unpaired) electrons. The third-order valence-electron chi connectivity index (χ3n) is 2.55. The summed E-state index contributed by atoms with van der Waals surface area (Å²) in [5, 5.41) is 1.85. The Morgan fingerprint density at radius 1 is 1.18 bits per heavy atom. The van der Waals surface area contributed by atoms with Gasteiger partial charge in [-0.25, -0.2) is 13.2 Å². The minimum atomic E-state index is -1.47. The number of aryl methyl sites for hydroxylation is 1. The molecule has 2 aromatic rings. The molecule has 0 saturated heterocycles. The first-order chi connectivity index (χ1) is 8.00. The SMILES string of the molecule is Cc1ccsc1C(N)c1cc(F)c(F)c(F)c1. The van der Waals surface area contributed by atoms with Crippen molar-refractivity contribution in [3.05, 3.63) is 57.0 Å². The third kappa shape index (κ3) is 2.21. The number of hydrogen-bond acceptors (Lipinski definition) is 2. The maximum Gasteiger partial charge on any atom is 0.194 e. The molecule has 2 rings (SSSR count). The van der Waals surface area contributed by atoms with Gasteiger partial charge in [-0.05, 0) is 41.6 Å². The second kappa shape index (κ2) is 4.50. The van der Waals surface area contributed by atoms with Gasteiger partial charge in [-0.1, -0.05) is 0 Å². The lowest BCUT2D eigenvalue weighted by Gasteiger charge is -2.12. The largest absolute Gasteiger partial charge is 0.320 e. The van der Waals surface area contributed by atoms with Gasteiger partial charge in [0.25, 0.3) is 0 Å². The van der Waals surface area contributed by atoms with E-state index >= 15 is 0 Å². The molecule has 0 aliphatic rings. The second-order valence-corrected chi connectivity index (χ2v) is 4.69. The number of rotatable bonds is 2. The first-order valence-electron chi connectivity index (χ1n) is 4.94. The second-order valence-electron chi connectivity index (χ2n) is 3.74. The number of halogens is 3. The van der Waals surface area contributed by atoms with Gasteiger partial charge in [-0.15, -0.1) is 11.3 Å². The summed E-state index contributed by atoms with van der Waals surface area (Å²) in [5.41, 5.74) is 7.08. The molecule has 5 heteroatoms. The molecule has 1 aromatic heterocycles. The number of benzene rings is 1. The van der Waals surface area contributed by atoms with Crippen molar-refractivity contribution in [2.24, 2.45) is 5.73 Å². The summed E-state index contributed by atoms with van der Waals surface area (Å²) in [6.07, 6.45) is 0. The highest BCUT2D eigenvalue weighted by Gasteiger charge is 2.17. The van der Waals surface area contributed by atoms with Gasteiger partial charge in [0.05, 0.1) is 6.04 Å².